The summed E-state index contributed by atoms with van der Waals surface area (Å²) in [6.45, 7) is 3.23. The molecule has 1 aliphatic rings. The fourth-order valence-corrected chi connectivity index (χ4v) is 3.13. The number of anilines is 1. The minimum Gasteiger partial charge on any atom is -0.340 e. The Morgan fingerprint density at radius 3 is 2.80 bits per heavy atom. The number of aryl methyl sites for hydroxylation is 1. The van der Waals surface area contributed by atoms with Crippen molar-refractivity contribution in [2.24, 2.45) is 0 Å². The molecule has 1 aliphatic heterocycles. The van der Waals surface area contributed by atoms with Crippen molar-refractivity contribution in [2.75, 3.05) is 11.9 Å². The molecule has 2 N–H and O–H groups in total. The van der Waals surface area contributed by atoms with Gasteiger partial charge in [-0.15, -0.1) is 0 Å². The number of imidazole rings is 1. The van der Waals surface area contributed by atoms with Crippen LogP contribution in [0, 0.1) is 6.92 Å². The molecule has 2 amide bonds. The molecule has 126 valence electrons. The Labute approximate surface area is 146 Å². The number of fused-ring (bicyclic) bond motifs is 1. The van der Waals surface area contributed by atoms with E-state index in [0.29, 0.717) is 13.1 Å². The minimum absolute atomic E-state index is 0.0767. The second-order valence-electron chi connectivity index (χ2n) is 6.35. The maximum absolute atomic E-state index is 12.5. The van der Waals surface area contributed by atoms with Crippen molar-refractivity contribution in [1.29, 1.82) is 0 Å². The lowest BCUT2D eigenvalue weighted by atomic mass is 10.1. The zero-order valence-electron chi connectivity index (χ0n) is 14.1. The normalized spacial score (nSPS) is 13.4. The number of benzene rings is 2. The van der Waals surface area contributed by atoms with E-state index in [0.717, 1.165) is 40.4 Å². The molecule has 0 spiro atoms. The highest BCUT2D eigenvalue weighted by molar-refractivity contribution is 5.89. The fourth-order valence-electron chi connectivity index (χ4n) is 3.13. The summed E-state index contributed by atoms with van der Waals surface area (Å²) in [5, 5.41) is 2.97. The number of amides is 2. The van der Waals surface area contributed by atoms with E-state index >= 15 is 0 Å². The third-order valence-corrected chi connectivity index (χ3v) is 4.44. The number of carbonyl (C=O) groups excluding carboxylic acids is 1. The monoisotopic (exact) mass is 332 g/mol. The molecule has 2 heterocycles. The zero-order chi connectivity index (χ0) is 17.2. The Bertz CT molecular complexity index is 901. The second kappa shape index (κ2) is 6.43. The maximum atomic E-state index is 12.5. The van der Waals surface area contributed by atoms with Crippen LogP contribution >= 0.6 is 0 Å². The summed E-state index contributed by atoms with van der Waals surface area (Å²) in [4.78, 5) is 22.4. The molecule has 1 aromatic heterocycles. The molecule has 0 unspecified atom stereocenters. The van der Waals surface area contributed by atoms with Gasteiger partial charge >= 0.3 is 6.03 Å². The van der Waals surface area contributed by atoms with Crippen LogP contribution in [0.15, 0.2) is 54.6 Å². The van der Waals surface area contributed by atoms with Crippen LogP contribution in [-0.2, 0) is 13.0 Å². The fraction of sp³-hybridized carbons (Fsp3) is 0.200. The lowest BCUT2D eigenvalue weighted by molar-refractivity contribution is 0.205. The van der Waals surface area contributed by atoms with E-state index in [2.05, 4.69) is 10.3 Å². The van der Waals surface area contributed by atoms with Crippen LogP contribution in [0.5, 0.6) is 0 Å². The van der Waals surface area contributed by atoms with Gasteiger partial charge in [0, 0.05) is 24.2 Å². The van der Waals surface area contributed by atoms with Gasteiger partial charge in [-0.3, -0.25) is 0 Å². The van der Waals surface area contributed by atoms with Crippen LogP contribution in [0.3, 0.4) is 0 Å². The van der Waals surface area contributed by atoms with E-state index in [-0.39, 0.29) is 6.03 Å². The van der Waals surface area contributed by atoms with Crippen LogP contribution < -0.4 is 5.32 Å². The van der Waals surface area contributed by atoms with E-state index in [1.165, 1.54) is 0 Å². The number of carbonyl (C=O) groups is 1. The van der Waals surface area contributed by atoms with E-state index in [4.69, 9.17) is 4.98 Å². The quantitative estimate of drug-likeness (QED) is 0.746. The lowest BCUT2D eigenvalue weighted by Gasteiger charge is -2.26. The summed E-state index contributed by atoms with van der Waals surface area (Å²) in [6.07, 6.45) is 0.764. The molecule has 0 atom stereocenters. The van der Waals surface area contributed by atoms with Crippen molar-refractivity contribution in [3.63, 3.8) is 0 Å². The average molecular weight is 332 g/mol. The lowest BCUT2D eigenvalue weighted by Crippen LogP contribution is -2.38. The first-order valence-corrected chi connectivity index (χ1v) is 8.45. The molecule has 5 nitrogen and oxygen atoms in total. The van der Waals surface area contributed by atoms with Gasteiger partial charge in [-0.2, -0.15) is 0 Å². The highest BCUT2D eigenvalue weighted by Gasteiger charge is 2.24. The van der Waals surface area contributed by atoms with E-state index in [1.54, 1.807) is 0 Å². The minimum atomic E-state index is -0.0767. The van der Waals surface area contributed by atoms with Gasteiger partial charge in [-0.25, -0.2) is 9.78 Å². The molecular weight excluding hydrogens is 312 g/mol. The third kappa shape index (κ3) is 3.26. The molecular formula is C20H20N4O. The van der Waals surface area contributed by atoms with Gasteiger partial charge in [-0.1, -0.05) is 42.5 Å². The van der Waals surface area contributed by atoms with Gasteiger partial charge < -0.3 is 15.2 Å². The molecule has 0 radical (unpaired) electrons. The molecule has 4 rings (SSSR count). The number of H-pyrrole nitrogens is 1. The molecule has 0 bridgehead atoms. The zero-order valence-corrected chi connectivity index (χ0v) is 14.1. The summed E-state index contributed by atoms with van der Waals surface area (Å²) in [6, 6.07) is 17.8. The van der Waals surface area contributed by atoms with Gasteiger partial charge in [0.05, 0.1) is 17.9 Å². The maximum Gasteiger partial charge on any atom is 0.322 e. The number of rotatable bonds is 2. The van der Waals surface area contributed by atoms with Gasteiger partial charge in [0.1, 0.15) is 5.82 Å². The largest absolute Gasteiger partial charge is 0.340 e. The first-order valence-electron chi connectivity index (χ1n) is 8.45. The number of hydrogen-bond acceptors (Lipinski definition) is 2. The molecule has 0 aliphatic carbocycles. The van der Waals surface area contributed by atoms with Gasteiger partial charge in [-0.05, 0) is 24.6 Å². The third-order valence-electron chi connectivity index (χ3n) is 4.44. The van der Waals surface area contributed by atoms with Crippen LogP contribution in [0.25, 0.3) is 11.4 Å². The average Bonchev–Trinajstić information content (AvgIpc) is 3.06. The molecule has 5 heteroatoms. The van der Waals surface area contributed by atoms with Crippen molar-refractivity contribution in [3.8, 4) is 11.4 Å². The highest BCUT2D eigenvalue weighted by atomic mass is 16.2. The standard InChI is InChI=1S/C20H20N4O/c1-14-6-5-9-16(12-14)21-20(25)24-11-10-17-18(13-24)23-19(22-17)15-7-3-2-4-8-15/h2-9,12H,10-11,13H2,1H3,(H,21,25)(H,22,23). The smallest absolute Gasteiger partial charge is 0.322 e. The predicted molar refractivity (Wildman–Crippen MR) is 98.3 cm³/mol. The highest BCUT2D eigenvalue weighted by Crippen LogP contribution is 2.23. The predicted octanol–water partition coefficient (Wildman–Crippen LogP) is 3.98. The SMILES string of the molecule is Cc1cccc(NC(=O)N2CCc3nc(-c4ccccc4)[nH]c3C2)c1. The Hall–Kier alpha value is -3.08. The molecule has 2 aromatic carbocycles. The Balaban J connectivity index is 1.49. The first-order chi connectivity index (χ1) is 12.2. The van der Waals surface area contributed by atoms with E-state index in [9.17, 15) is 4.79 Å². The van der Waals surface area contributed by atoms with Gasteiger partial charge in [0.15, 0.2) is 0 Å². The van der Waals surface area contributed by atoms with Crippen LogP contribution in [0.2, 0.25) is 0 Å². The Morgan fingerprint density at radius 1 is 1.16 bits per heavy atom. The van der Waals surface area contributed by atoms with Gasteiger partial charge in [0.25, 0.3) is 0 Å². The number of aromatic amines is 1. The van der Waals surface area contributed by atoms with E-state index < -0.39 is 0 Å². The molecule has 25 heavy (non-hydrogen) atoms. The molecule has 3 aromatic rings. The van der Waals surface area contributed by atoms with Crippen molar-refractivity contribution in [3.05, 3.63) is 71.5 Å². The van der Waals surface area contributed by atoms with Gasteiger partial charge in [0.2, 0.25) is 0 Å². The molecule has 0 saturated heterocycles. The van der Waals surface area contributed by atoms with E-state index in [1.807, 2.05) is 66.4 Å². The number of aromatic nitrogens is 2. The summed E-state index contributed by atoms with van der Waals surface area (Å²) < 4.78 is 0. The van der Waals surface area contributed by atoms with Crippen molar-refractivity contribution in [2.45, 2.75) is 19.9 Å². The van der Waals surface area contributed by atoms with Crippen LogP contribution in [0.4, 0.5) is 10.5 Å². The number of nitrogens with one attached hydrogen (secondary N) is 2. The number of hydrogen-bond donors (Lipinski definition) is 2. The van der Waals surface area contributed by atoms with Crippen LogP contribution in [-0.4, -0.2) is 27.4 Å². The second-order valence-corrected chi connectivity index (χ2v) is 6.35. The Morgan fingerprint density at radius 2 is 2.00 bits per heavy atom. The summed E-state index contributed by atoms with van der Waals surface area (Å²) in [7, 11) is 0. The molecule has 0 saturated carbocycles. The van der Waals surface area contributed by atoms with Crippen LogP contribution in [0.1, 0.15) is 17.0 Å². The molecule has 0 fully saturated rings. The van der Waals surface area contributed by atoms with Crippen molar-refractivity contribution in [1.82, 2.24) is 14.9 Å². The first kappa shape index (κ1) is 15.4. The Kier molecular flexibility index (Phi) is 3.98. The van der Waals surface area contributed by atoms with Crippen molar-refractivity contribution < 1.29 is 4.79 Å². The number of nitrogens with zero attached hydrogens (tertiary/aromatic N) is 2. The van der Waals surface area contributed by atoms with Crippen molar-refractivity contribution >= 4 is 11.7 Å². The topological polar surface area (TPSA) is 61.0 Å². The summed E-state index contributed by atoms with van der Waals surface area (Å²) >= 11 is 0. The number of urea groups is 1. The summed E-state index contributed by atoms with van der Waals surface area (Å²) in [5.74, 6) is 0.867. The summed E-state index contributed by atoms with van der Waals surface area (Å²) in [5.41, 5.74) is 5.08.